The molecule has 1 aromatic carbocycles. The van der Waals surface area contributed by atoms with Gasteiger partial charge in [0.1, 0.15) is 0 Å². The first-order chi connectivity index (χ1) is 9.21. The molecule has 0 aliphatic rings. The van der Waals surface area contributed by atoms with Gasteiger partial charge >= 0.3 is 12.1 Å². The summed E-state index contributed by atoms with van der Waals surface area (Å²) in [5, 5.41) is 8.90. The number of rotatable bonds is 2. The Kier molecular flexibility index (Phi) is 3.52. The topological polar surface area (TPSA) is 53.1 Å². The number of alkyl halides is 3. The van der Waals surface area contributed by atoms with Crippen LogP contribution in [0.5, 0.6) is 0 Å². The first-order valence-corrected chi connectivity index (χ1v) is 5.88. The van der Waals surface area contributed by atoms with Crippen molar-refractivity contribution in [1.29, 1.82) is 0 Å². The summed E-state index contributed by atoms with van der Waals surface area (Å²) < 4.78 is 39.1. The number of hydrogen-bond acceptors (Lipinski definition) is 1. The number of carbonyl (C=O) groups is 1. The van der Waals surface area contributed by atoms with E-state index >= 15 is 0 Å². The number of carboxylic acid groups (broad SMARTS) is 1. The van der Waals surface area contributed by atoms with Gasteiger partial charge in [-0.2, -0.15) is 13.2 Å². The Morgan fingerprint density at radius 2 is 2.00 bits per heavy atom. The fourth-order valence-electron chi connectivity index (χ4n) is 1.97. The quantitative estimate of drug-likeness (QED) is 0.866. The van der Waals surface area contributed by atoms with Crippen LogP contribution in [0.4, 0.5) is 13.2 Å². The molecular formula is C13H9ClF3NO2. The van der Waals surface area contributed by atoms with E-state index in [1.54, 1.807) is 0 Å². The number of aromatic nitrogens is 1. The lowest BCUT2D eigenvalue weighted by atomic mass is 10.0. The van der Waals surface area contributed by atoms with Crippen molar-refractivity contribution in [3.05, 3.63) is 46.1 Å². The fraction of sp³-hybridized carbons (Fsp3) is 0.154. The highest BCUT2D eigenvalue weighted by Crippen LogP contribution is 2.39. The van der Waals surface area contributed by atoms with Gasteiger partial charge in [0.15, 0.2) is 0 Å². The molecule has 0 aliphatic carbocycles. The van der Waals surface area contributed by atoms with Crippen molar-refractivity contribution >= 4 is 17.6 Å². The van der Waals surface area contributed by atoms with Gasteiger partial charge in [0.05, 0.1) is 11.1 Å². The highest BCUT2D eigenvalue weighted by atomic mass is 35.5. The van der Waals surface area contributed by atoms with Crippen molar-refractivity contribution in [1.82, 2.24) is 4.98 Å². The first kappa shape index (κ1) is 14.5. The molecule has 0 amide bonds. The van der Waals surface area contributed by atoms with Gasteiger partial charge in [0.25, 0.3) is 0 Å². The summed E-state index contributed by atoms with van der Waals surface area (Å²) in [6, 6.07) is 3.36. The standard InChI is InChI=1S/C13H9ClF3NO2/c1-6-9(12(19)20)5-18-11(6)8-3-2-7(14)4-10(8)13(15,16)17/h2-5,18H,1H3,(H,19,20). The molecule has 0 aliphatic heterocycles. The maximum Gasteiger partial charge on any atom is 0.417 e. The Balaban J connectivity index is 2.68. The van der Waals surface area contributed by atoms with Crippen LogP contribution in [0, 0.1) is 6.92 Å². The maximum atomic E-state index is 13.0. The summed E-state index contributed by atoms with van der Waals surface area (Å²) in [6.07, 6.45) is -3.41. The zero-order valence-electron chi connectivity index (χ0n) is 10.2. The molecule has 7 heteroatoms. The molecule has 0 bridgehead atoms. The smallest absolute Gasteiger partial charge is 0.417 e. The molecule has 3 nitrogen and oxygen atoms in total. The minimum Gasteiger partial charge on any atom is -0.478 e. The molecule has 2 N–H and O–H groups in total. The van der Waals surface area contributed by atoms with Crippen LogP contribution in [0.3, 0.4) is 0 Å². The summed E-state index contributed by atoms with van der Waals surface area (Å²) in [7, 11) is 0. The molecule has 0 atom stereocenters. The number of nitrogens with one attached hydrogen (secondary N) is 1. The third-order valence-electron chi connectivity index (χ3n) is 2.93. The van der Waals surface area contributed by atoms with Crippen molar-refractivity contribution in [2.24, 2.45) is 0 Å². The number of benzene rings is 1. The van der Waals surface area contributed by atoms with E-state index in [4.69, 9.17) is 16.7 Å². The summed E-state index contributed by atoms with van der Waals surface area (Å²) in [4.78, 5) is 13.5. The van der Waals surface area contributed by atoms with Crippen LogP contribution in [0.1, 0.15) is 21.5 Å². The molecule has 0 fully saturated rings. The zero-order valence-corrected chi connectivity index (χ0v) is 10.9. The van der Waals surface area contributed by atoms with Crippen LogP contribution < -0.4 is 0 Å². The lowest BCUT2D eigenvalue weighted by Crippen LogP contribution is -2.07. The Morgan fingerprint density at radius 1 is 1.35 bits per heavy atom. The molecule has 1 aromatic heterocycles. The number of carboxylic acids is 1. The van der Waals surface area contributed by atoms with Gasteiger partial charge in [-0.25, -0.2) is 4.79 Å². The van der Waals surface area contributed by atoms with Crippen LogP contribution in [0.25, 0.3) is 11.3 Å². The monoisotopic (exact) mass is 303 g/mol. The van der Waals surface area contributed by atoms with Gasteiger partial charge in [0.2, 0.25) is 0 Å². The van der Waals surface area contributed by atoms with Crippen LogP contribution in [-0.2, 0) is 6.18 Å². The number of halogens is 4. The molecule has 2 aromatic rings. The van der Waals surface area contributed by atoms with Gasteiger partial charge in [-0.05, 0) is 24.6 Å². The van der Waals surface area contributed by atoms with Gasteiger partial charge < -0.3 is 10.1 Å². The molecule has 0 spiro atoms. The summed E-state index contributed by atoms with van der Waals surface area (Å²) in [5.74, 6) is -1.20. The largest absolute Gasteiger partial charge is 0.478 e. The highest BCUT2D eigenvalue weighted by molar-refractivity contribution is 6.30. The Bertz CT molecular complexity index is 677. The molecule has 0 saturated heterocycles. The Morgan fingerprint density at radius 3 is 2.50 bits per heavy atom. The number of hydrogen-bond donors (Lipinski definition) is 2. The van der Waals surface area contributed by atoms with Crippen LogP contribution in [0.15, 0.2) is 24.4 Å². The van der Waals surface area contributed by atoms with Crippen molar-refractivity contribution in [3.8, 4) is 11.3 Å². The molecule has 0 unspecified atom stereocenters. The molecule has 0 radical (unpaired) electrons. The summed E-state index contributed by atoms with van der Waals surface area (Å²) in [6.45, 7) is 1.45. The second kappa shape index (κ2) is 4.86. The summed E-state index contributed by atoms with van der Waals surface area (Å²) in [5.41, 5.74) is -0.751. The van der Waals surface area contributed by atoms with E-state index in [2.05, 4.69) is 4.98 Å². The average Bonchev–Trinajstić information content (AvgIpc) is 2.70. The fourth-order valence-corrected chi connectivity index (χ4v) is 2.14. The van der Waals surface area contributed by atoms with E-state index in [1.165, 1.54) is 25.3 Å². The summed E-state index contributed by atoms with van der Waals surface area (Å²) >= 11 is 5.60. The second-order valence-electron chi connectivity index (χ2n) is 4.20. The minimum absolute atomic E-state index is 0.0382. The van der Waals surface area contributed by atoms with Crippen molar-refractivity contribution in [2.45, 2.75) is 13.1 Å². The normalized spacial score (nSPS) is 11.7. The number of aromatic carboxylic acids is 1. The van der Waals surface area contributed by atoms with Crippen molar-refractivity contribution in [3.63, 3.8) is 0 Å². The van der Waals surface area contributed by atoms with E-state index < -0.39 is 17.7 Å². The van der Waals surface area contributed by atoms with E-state index in [0.717, 1.165) is 6.07 Å². The Hall–Kier alpha value is -1.95. The predicted octanol–water partition coefficient (Wildman–Crippen LogP) is 4.36. The lowest BCUT2D eigenvalue weighted by Gasteiger charge is -2.13. The zero-order chi connectivity index (χ0) is 15.1. The number of aromatic amines is 1. The van der Waals surface area contributed by atoms with Crippen molar-refractivity contribution in [2.75, 3.05) is 0 Å². The maximum absolute atomic E-state index is 13.0. The van der Waals surface area contributed by atoms with Crippen LogP contribution in [0.2, 0.25) is 5.02 Å². The predicted molar refractivity (Wildman–Crippen MR) is 67.9 cm³/mol. The molecule has 20 heavy (non-hydrogen) atoms. The van der Waals surface area contributed by atoms with E-state index in [1.807, 2.05) is 0 Å². The second-order valence-corrected chi connectivity index (χ2v) is 4.63. The molecular weight excluding hydrogens is 295 g/mol. The lowest BCUT2D eigenvalue weighted by molar-refractivity contribution is -0.137. The third kappa shape index (κ3) is 2.51. The SMILES string of the molecule is Cc1c(C(=O)O)c[nH]c1-c1ccc(Cl)cc1C(F)(F)F. The molecule has 106 valence electrons. The van der Waals surface area contributed by atoms with Gasteiger partial charge in [-0.15, -0.1) is 0 Å². The average molecular weight is 304 g/mol. The van der Waals surface area contributed by atoms with E-state index in [-0.39, 0.29) is 27.4 Å². The van der Waals surface area contributed by atoms with Crippen LogP contribution >= 0.6 is 11.6 Å². The van der Waals surface area contributed by atoms with Gasteiger partial charge in [-0.3, -0.25) is 0 Å². The number of H-pyrrole nitrogens is 1. The molecule has 2 rings (SSSR count). The van der Waals surface area contributed by atoms with Crippen LogP contribution in [-0.4, -0.2) is 16.1 Å². The minimum atomic E-state index is -4.58. The third-order valence-corrected chi connectivity index (χ3v) is 3.16. The van der Waals surface area contributed by atoms with Gasteiger partial charge in [-0.1, -0.05) is 17.7 Å². The Labute approximate surface area is 117 Å². The van der Waals surface area contributed by atoms with E-state index in [0.29, 0.717) is 0 Å². The molecule has 1 heterocycles. The van der Waals surface area contributed by atoms with Crippen molar-refractivity contribution < 1.29 is 23.1 Å². The molecule has 0 saturated carbocycles. The first-order valence-electron chi connectivity index (χ1n) is 5.50. The van der Waals surface area contributed by atoms with Gasteiger partial charge in [0, 0.05) is 22.5 Å². The van der Waals surface area contributed by atoms with E-state index in [9.17, 15) is 18.0 Å². The highest BCUT2D eigenvalue weighted by Gasteiger charge is 2.34.